The number of halogens is 2. The van der Waals surface area contributed by atoms with Crippen molar-refractivity contribution in [3.63, 3.8) is 0 Å². The fourth-order valence-electron chi connectivity index (χ4n) is 2.11. The number of carbonyl (C=O) groups is 1. The molecule has 2 rings (SSSR count). The highest BCUT2D eigenvalue weighted by Crippen LogP contribution is 2.20. The van der Waals surface area contributed by atoms with Crippen LogP contribution in [0.2, 0.25) is 0 Å². The first-order valence-corrected chi connectivity index (χ1v) is 10.6. The van der Waals surface area contributed by atoms with E-state index in [4.69, 9.17) is 4.74 Å². The van der Waals surface area contributed by atoms with E-state index in [-0.39, 0.29) is 17.2 Å². The number of carbonyl (C=O) groups excluding carboxylic acids is 1. The van der Waals surface area contributed by atoms with Crippen LogP contribution in [0.3, 0.4) is 0 Å². The normalized spacial score (nSPS) is 11.2. The Morgan fingerprint density at radius 3 is 2.52 bits per heavy atom. The molecule has 0 fully saturated rings. The summed E-state index contributed by atoms with van der Waals surface area (Å²) in [5.74, 6) is -0.772. The fourth-order valence-corrected chi connectivity index (χ4v) is 3.51. The van der Waals surface area contributed by atoms with E-state index in [1.165, 1.54) is 36.4 Å². The molecule has 0 atom stereocenters. The van der Waals surface area contributed by atoms with E-state index in [0.29, 0.717) is 16.8 Å². The smallest absolute Gasteiger partial charge is 0.262 e. The van der Waals surface area contributed by atoms with Gasteiger partial charge in [-0.2, -0.15) is 0 Å². The molecule has 0 saturated carbocycles. The molecule has 27 heavy (non-hydrogen) atoms. The minimum absolute atomic E-state index is 0.0476. The average molecular weight is 459 g/mol. The molecule has 0 aliphatic rings. The largest absolute Gasteiger partial charge is 0.484 e. The van der Waals surface area contributed by atoms with Gasteiger partial charge < -0.3 is 10.1 Å². The van der Waals surface area contributed by atoms with E-state index in [9.17, 15) is 17.6 Å². The zero-order valence-corrected chi connectivity index (χ0v) is 17.1. The van der Waals surface area contributed by atoms with Crippen LogP contribution in [-0.4, -0.2) is 27.5 Å². The predicted molar refractivity (Wildman–Crippen MR) is 105 cm³/mol. The van der Waals surface area contributed by atoms with Gasteiger partial charge in [0.25, 0.3) is 5.91 Å². The number of sulfonamides is 1. The Bertz CT molecular complexity index is 889. The monoisotopic (exact) mass is 458 g/mol. The van der Waals surface area contributed by atoms with Crippen LogP contribution in [0.25, 0.3) is 0 Å². The first-order valence-electron chi connectivity index (χ1n) is 8.29. The van der Waals surface area contributed by atoms with Gasteiger partial charge in [-0.3, -0.25) is 4.79 Å². The van der Waals surface area contributed by atoms with Crippen molar-refractivity contribution in [3.05, 3.63) is 52.8 Å². The predicted octanol–water partition coefficient (Wildman–Crippen LogP) is 3.68. The Kier molecular flexibility index (Phi) is 7.76. The molecular weight excluding hydrogens is 439 g/mol. The van der Waals surface area contributed by atoms with Crippen LogP contribution in [0.15, 0.2) is 51.8 Å². The number of unbranched alkanes of at least 4 members (excludes halogenated alkanes) is 1. The van der Waals surface area contributed by atoms with Gasteiger partial charge in [0.2, 0.25) is 10.0 Å². The summed E-state index contributed by atoms with van der Waals surface area (Å²) in [5, 5.41) is 2.41. The summed E-state index contributed by atoms with van der Waals surface area (Å²) in [5.41, 5.74) is 0.0476. The standard InChI is InChI=1S/C18H20BrFN2O4S/c1-2-3-10-21-27(24,25)15-7-5-14(6-8-15)26-12-18(23)22-17-9-4-13(19)11-16(17)20/h4-9,11,21H,2-3,10,12H2,1H3,(H,22,23). The fraction of sp³-hybridized carbons (Fsp3) is 0.278. The SMILES string of the molecule is CCCCNS(=O)(=O)c1ccc(OCC(=O)Nc2ccc(Br)cc2F)cc1. The van der Waals surface area contributed by atoms with Gasteiger partial charge in [-0.15, -0.1) is 0 Å². The number of rotatable bonds is 9. The maximum absolute atomic E-state index is 13.7. The lowest BCUT2D eigenvalue weighted by Gasteiger charge is -2.10. The number of hydrogen-bond donors (Lipinski definition) is 2. The second kappa shape index (κ2) is 9.82. The zero-order valence-electron chi connectivity index (χ0n) is 14.7. The van der Waals surface area contributed by atoms with Gasteiger partial charge in [-0.05, 0) is 48.9 Å². The van der Waals surface area contributed by atoms with Crippen molar-refractivity contribution < 1.29 is 22.3 Å². The highest BCUT2D eigenvalue weighted by atomic mass is 79.9. The number of anilines is 1. The summed E-state index contributed by atoms with van der Waals surface area (Å²) in [6.45, 7) is 2.02. The first kappa shape index (κ1) is 21.3. The van der Waals surface area contributed by atoms with Crippen molar-refractivity contribution >= 4 is 37.5 Å². The van der Waals surface area contributed by atoms with Crippen LogP contribution in [0, 0.1) is 5.82 Å². The Morgan fingerprint density at radius 2 is 1.89 bits per heavy atom. The van der Waals surface area contributed by atoms with E-state index >= 15 is 0 Å². The van der Waals surface area contributed by atoms with Crippen molar-refractivity contribution in [1.29, 1.82) is 0 Å². The van der Waals surface area contributed by atoms with E-state index in [1.54, 1.807) is 6.07 Å². The van der Waals surface area contributed by atoms with Crippen LogP contribution in [0.4, 0.5) is 10.1 Å². The molecule has 1 amide bonds. The molecule has 0 saturated heterocycles. The van der Waals surface area contributed by atoms with E-state index in [0.717, 1.165) is 12.8 Å². The minimum atomic E-state index is -3.56. The number of ether oxygens (including phenoxy) is 1. The lowest BCUT2D eigenvalue weighted by molar-refractivity contribution is -0.118. The van der Waals surface area contributed by atoms with Crippen molar-refractivity contribution in [3.8, 4) is 5.75 Å². The van der Waals surface area contributed by atoms with E-state index in [1.807, 2.05) is 6.92 Å². The average Bonchev–Trinajstić information content (AvgIpc) is 2.63. The second-order valence-electron chi connectivity index (χ2n) is 5.68. The van der Waals surface area contributed by atoms with E-state index < -0.39 is 21.7 Å². The van der Waals surface area contributed by atoms with Gasteiger partial charge in [0.15, 0.2) is 6.61 Å². The third kappa shape index (κ3) is 6.60. The van der Waals surface area contributed by atoms with Crippen LogP contribution < -0.4 is 14.8 Å². The molecule has 9 heteroatoms. The van der Waals surface area contributed by atoms with Crippen molar-refractivity contribution in [2.75, 3.05) is 18.5 Å². The molecule has 0 aromatic heterocycles. The number of benzene rings is 2. The number of amides is 1. The molecule has 0 bridgehead atoms. The summed E-state index contributed by atoms with van der Waals surface area (Å²) >= 11 is 3.14. The lowest BCUT2D eigenvalue weighted by atomic mass is 10.3. The quantitative estimate of drug-likeness (QED) is 0.561. The van der Waals surface area contributed by atoms with Gasteiger partial charge >= 0.3 is 0 Å². The highest BCUT2D eigenvalue weighted by molar-refractivity contribution is 9.10. The van der Waals surface area contributed by atoms with Gasteiger partial charge in [-0.1, -0.05) is 29.3 Å². The first-order chi connectivity index (χ1) is 12.8. The van der Waals surface area contributed by atoms with Crippen molar-refractivity contribution in [1.82, 2.24) is 4.72 Å². The van der Waals surface area contributed by atoms with Gasteiger partial charge in [-0.25, -0.2) is 17.5 Å². The molecular formula is C18H20BrFN2O4S. The molecule has 2 N–H and O–H groups in total. The molecule has 146 valence electrons. The minimum Gasteiger partial charge on any atom is -0.484 e. The molecule has 0 heterocycles. The Labute approximate surface area is 166 Å². The van der Waals surface area contributed by atoms with Crippen LogP contribution in [-0.2, 0) is 14.8 Å². The summed E-state index contributed by atoms with van der Waals surface area (Å²) in [6, 6.07) is 10.00. The summed E-state index contributed by atoms with van der Waals surface area (Å²) in [6.07, 6.45) is 1.65. The Hall–Kier alpha value is -1.97. The lowest BCUT2D eigenvalue weighted by Crippen LogP contribution is -2.24. The summed E-state index contributed by atoms with van der Waals surface area (Å²) < 4.78 is 46.3. The molecule has 0 spiro atoms. The van der Waals surface area contributed by atoms with Gasteiger partial charge in [0.1, 0.15) is 11.6 Å². The van der Waals surface area contributed by atoms with Crippen molar-refractivity contribution in [2.24, 2.45) is 0 Å². The summed E-state index contributed by atoms with van der Waals surface area (Å²) in [7, 11) is -3.56. The maximum atomic E-state index is 13.7. The molecule has 0 unspecified atom stereocenters. The third-order valence-electron chi connectivity index (χ3n) is 3.53. The second-order valence-corrected chi connectivity index (χ2v) is 8.37. The molecule has 0 radical (unpaired) electrons. The molecule has 6 nitrogen and oxygen atoms in total. The number of hydrogen-bond acceptors (Lipinski definition) is 4. The van der Waals surface area contributed by atoms with Crippen molar-refractivity contribution in [2.45, 2.75) is 24.7 Å². The topological polar surface area (TPSA) is 84.5 Å². The van der Waals surface area contributed by atoms with Crippen LogP contribution in [0.5, 0.6) is 5.75 Å². The van der Waals surface area contributed by atoms with Gasteiger partial charge in [0, 0.05) is 11.0 Å². The molecule has 0 aliphatic heterocycles. The van der Waals surface area contributed by atoms with E-state index in [2.05, 4.69) is 26.0 Å². The Balaban J connectivity index is 1.90. The molecule has 2 aromatic carbocycles. The van der Waals surface area contributed by atoms with Crippen LogP contribution in [0.1, 0.15) is 19.8 Å². The zero-order chi connectivity index (χ0) is 19.9. The highest BCUT2D eigenvalue weighted by Gasteiger charge is 2.13. The Morgan fingerprint density at radius 1 is 1.19 bits per heavy atom. The molecule has 2 aromatic rings. The third-order valence-corrected chi connectivity index (χ3v) is 5.50. The van der Waals surface area contributed by atoms with Gasteiger partial charge in [0.05, 0.1) is 10.6 Å². The summed E-state index contributed by atoms with van der Waals surface area (Å²) in [4.78, 5) is 12.0. The maximum Gasteiger partial charge on any atom is 0.262 e. The number of nitrogens with one attached hydrogen (secondary N) is 2. The van der Waals surface area contributed by atoms with Crippen LogP contribution >= 0.6 is 15.9 Å². The molecule has 0 aliphatic carbocycles.